The quantitative estimate of drug-likeness (QED) is 0.837. The van der Waals surface area contributed by atoms with Gasteiger partial charge < -0.3 is 5.32 Å². The van der Waals surface area contributed by atoms with Crippen molar-refractivity contribution in [3.8, 4) is 0 Å². The van der Waals surface area contributed by atoms with Gasteiger partial charge in [0.2, 0.25) is 0 Å². The van der Waals surface area contributed by atoms with Gasteiger partial charge in [-0.3, -0.25) is 4.90 Å². The highest BCUT2D eigenvalue weighted by Crippen LogP contribution is 2.19. The Morgan fingerprint density at radius 2 is 1.95 bits per heavy atom. The first-order chi connectivity index (χ1) is 9.61. The van der Waals surface area contributed by atoms with E-state index in [9.17, 15) is 13.2 Å². The van der Waals surface area contributed by atoms with Crippen LogP contribution in [0.5, 0.6) is 0 Å². The van der Waals surface area contributed by atoms with Crippen molar-refractivity contribution in [3.05, 3.63) is 35.1 Å². The number of hydrogen-bond donors (Lipinski definition) is 1. The number of halogens is 3. The van der Waals surface area contributed by atoms with Crippen LogP contribution in [-0.4, -0.2) is 30.6 Å². The van der Waals surface area contributed by atoms with Gasteiger partial charge in [-0.1, -0.05) is 6.92 Å². The summed E-state index contributed by atoms with van der Waals surface area (Å²) < 4.78 is 40.0. The second kappa shape index (κ2) is 7.09. The Morgan fingerprint density at radius 1 is 1.20 bits per heavy atom. The average Bonchev–Trinajstić information content (AvgIpc) is 2.45. The lowest BCUT2D eigenvalue weighted by atomic mass is 10.0. The topological polar surface area (TPSA) is 15.3 Å². The molecule has 1 aromatic carbocycles. The molecule has 1 N–H and O–H groups in total. The molecule has 2 rings (SSSR count). The smallest absolute Gasteiger partial charge is 0.161 e. The van der Waals surface area contributed by atoms with Gasteiger partial charge in [-0.2, -0.15) is 0 Å². The molecule has 5 heteroatoms. The van der Waals surface area contributed by atoms with Crippen molar-refractivity contribution in [3.63, 3.8) is 0 Å². The van der Waals surface area contributed by atoms with E-state index in [0.717, 1.165) is 45.0 Å². The van der Waals surface area contributed by atoms with Crippen LogP contribution in [0.1, 0.15) is 31.7 Å². The van der Waals surface area contributed by atoms with Gasteiger partial charge in [-0.05, 0) is 38.4 Å². The van der Waals surface area contributed by atoms with E-state index in [1.165, 1.54) is 0 Å². The minimum Gasteiger partial charge on any atom is -0.315 e. The standard InChI is InChI=1S/C15H21F3N2/c1-2-6-20(12-4-3-5-19-9-12)10-11-7-14(17)15(18)8-13(11)16/h7-8,12,19H,2-6,9-10H2,1H3. The number of nitrogens with one attached hydrogen (secondary N) is 1. The lowest BCUT2D eigenvalue weighted by molar-refractivity contribution is 0.156. The molecule has 1 aromatic rings. The fourth-order valence-electron chi connectivity index (χ4n) is 2.73. The van der Waals surface area contributed by atoms with E-state index in [2.05, 4.69) is 17.1 Å². The first-order valence-electron chi connectivity index (χ1n) is 7.20. The van der Waals surface area contributed by atoms with Gasteiger partial charge >= 0.3 is 0 Å². The van der Waals surface area contributed by atoms with Crippen molar-refractivity contribution in [1.82, 2.24) is 10.2 Å². The average molecular weight is 286 g/mol. The van der Waals surface area contributed by atoms with Crippen LogP contribution in [-0.2, 0) is 6.54 Å². The molecule has 1 fully saturated rings. The minimum absolute atomic E-state index is 0.225. The molecule has 1 aliphatic heterocycles. The third-order valence-corrected chi connectivity index (χ3v) is 3.76. The second-order valence-corrected chi connectivity index (χ2v) is 5.33. The summed E-state index contributed by atoms with van der Waals surface area (Å²) in [6, 6.07) is 1.94. The van der Waals surface area contributed by atoms with E-state index in [4.69, 9.17) is 0 Å². The van der Waals surface area contributed by atoms with Gasteiger partial charge in [0.15, 0.2) is 11.6 Å². The summed E-state index contributed by atoms with van der Waals surface area (Å²) in [7, 11) is 0. The Kier molecular flexibility index (Phi) is 5.43. The molecule has 1 aliphatic rings. The lowest BCUT2D eigenvalue weighted by Gasteiger charge is -2.34. The molecule has 0 bridgehead atoms. The molecule has 0 saturated carbocycles. The monoisotopic (exact) mass is 286 g/mol. The summed E-state index contributed by atoms with van der Waals surface area (Å²) >= 11 is 0. The fraction of sp³-hybridized carbons (Fsp3) is 0.600. The maximum Gasteiger partial charge on any atom is 0.161 e. The van der Waals surface area contributed by atoms with Crippen LogP contribution in [0, 0.1) is 17.5 Å². The predicted octanol–water partition coefficient (Wildman–Crippen LogP) is 3.07. The predicted molar refractivity (Wildman–Crippen MR) is 72.9 cm³/mol. The summed E-state index contributed by atoms with van der Waals surface area (Å²) in [5.74, 6) is -2.79. The number of hydrogen-bond acceptors (Lipinski definition) is 2. The van der Waals surface area contributed by atoms with Crippen LogP contribution in [0.15, 0.2) is 12.1 Å². The molecule has 112 valence electrons. The van der Waals surface area contributed by atoms with E-state index < -0.39 is 17.5 Å². The van der Waals surface area contributed by atoms with Crippen LogP contribution in [0.25, 0.3) is 0 Å². The van der Waals surface area contributed by atoms with E-state index in [-0.39, 0.29) is 5.56 Å². The van der Waals surface area contributed by atoms with Crippen molar-refractivity contribution < 1.29 is 13.2 Å². The minimum atomic E-state index is -1.13. The normalized spacial score (nSPS) is 19.6. The van der Waals surface area contributed by atoms with Crippen LogP contribution >= 0.6 is 0 Å². The zero-order valence-electron chi connectivity index (χ0n) is 11.8. The van der Waals surface area contributed by atoms with Gasteiger partial charge in [0.1, 0.15) is 5.82 Å². The molecule has 1 saturated heterocycles. The van der Waals surface area contributed by atoms with Gasteiger partial charge in [0.25, 0.3) is 0 Å². The maximum absolute atomic E-state index is 13.7. The van der Waals surface area contributed by atoms with Crippen molar-refractivity contribution >= 4 is 0 Å². The van der Waals surface area contributed by atoms with Gasteiger partial charge in [0.05, 0.1) is 0 Å². The van der Waals surface area contributed by atoms with Crippen molar-refractivity contribution in [2.45, 2.75) is 38.8 Å². The Bertz CT molecular complexity index is 445. The Morgan fingerprint density at radius 3 is 2.60 bits per heavy atom. The van der Waals surface area contributed by atoms with Crippen LogP contribution in [0.2, 0.25) is 0 Å². The third-order valence-electron chi connectivity index (χ3n) is 3.76. The Balaban J connectivity index is 2.12. The van der Waals surface area contributed by atoms with E-state index in [1.54, 1.807) is 0 Å². The molecular formula is C15H21F3N2. The van der Waals surface area contributed by atoms with E-state index in [0.29, 0.717) is 18.7 Å². The highest BCUT2D eigenvalue weighted by atomic mass is 19.2. The summed E-state index contributed by atoms with van der Waals surface area (Å²) in [5, 5.41) is 3.33. The summed E-state index contributed by atoms with van der Waals surface area (Å²) in [6.45, 7) is 5.08. The SMILES string of the molecule is CCCN(Cc1cc(F)c(F)cc1F)C1CCCNC1. The number of benzene rings is 1. The van der Waals surface area contributed by atoms with Crippen LogP contribution in [0.4, 0.5) is 13.2 Å². The molecule has 0 radical (unpaired) electrons. The van der Waals surface area contributed by atoms with Crippen molar-refractivity contribution in [2.75, 3.05) is 19.6 Å². The molecule has 20 heavy (non-hydrogen) atoms. The molecule has 0 amide bonds. The fourth-order valence-corrected chi connectivity index (χ4v) is 2.73. The summed E-state index contributed by atoms with van der Waals surface area (Å²) in [6.07, 6.45) is 3.09. The van der Waals surface area contributed by atoms with Gasteiger partial charge in [-0.25, -0.2) is 13.2 Å². The first kappa shape index (κ1) is 15.3. The molecule has 0 spiro atoms. The number of rotatable bonds is 5. The molecule has 0 aromatic heterocycles. The van der Waals surface area contributed by atoms with Crippen molar-refractivity contribution in [2.24, 2.45) is 0 Å². The van der Waals surface area contributed by atoms with Gasteiger partial charge in [-0.15, -0.1) is 0 Å². The molecule has 0 aliphatic carbocycles. The zero-order chi connectivity index (χ0) is 14.5. The first-order valence-corrected chi connectivity index (χ1v) is 7.20. The highest BCUT2D eigenvalue weighted by Gasteiger charge is 2.22. The van der Waals surface area contributed by atoms with E-state index >= 15 is 0 Å². The summed E-state index contributed by atoms with van der Waals surface area (Å²) in [4.78, 5) is 2.15. The van der Waals surface area contributed by atoms with Crippen molar-refractivity contribution in [1.29, 1.82) is 0 Å². The highest BCUT2D eigenvalue weighted by molar-refractivity contribution is 5.20. The molecule has 2 nitrogen and oxygen atoms in total. The largest absolute Gasteiger partial charge is 0.315 e. The van der Waals surface area contributed by atoms with Crippen LogP contribution in [0.3, 0.4) is 0 Å². The van der Waals surface area contributed by atoms with Gasteiger partial charge in [0, 0.05) is 30.8 Å². The number of piperidine rings is 1. The van der Waals surface area contributed by atoms with Crippen LogP contribution < -0.4 is 5.32 Å². The molecule has 1 unspecified atom stereocenters. The molecular weight excluding hydrogens is 265 g/mol. The molecule has 1 atom stereocenters. The molecule has 1 heterocycles. The zero-order valence-corrected chi connectivity index (χ0v) is 11.8. The Labute approximate surface area is 118 Å². The summed E-state index contributed by atoms with van der Waals surface area (Å²) in [5.41, 5.74) is 0.225. The maximum atomic E-state index is 13.7. The number of nitrogens with zero attached hydrogens (tertiary/aromatic N) is 1. The van der Waals surface area contributed by atoms with E-state index in [1.807, 2.05) is 0 Å². The Hall–Kier alpha value is -1.07. The third kappa shape index (κ3) is 3.73. The lowest BCUT2D eigenvalue weighted by Crippen LogP contribution is -2.46. The second-order valence-electron chi connectivity index (χ2n) is 5.33.